The van der Waals surface area contributed by atoms with Crippen molar-refractivity contribution in [1.29, 1.82) is 0 Å². The first-order valence-corrected chi connectivity index (χ1v) is 8.07. The maximum absolute atomic E-state index is 12.7. The standard InChI is InChI=1S/C19H20N2O.ClH/c22-19(17-7-3-5-13-4-1-2-6-16(13)17)21-15-8-9-18-14(12-15)10-11-20-18;/h1-2,4,6,8-9,12,17,20H,3,5,7,10-11H2,(H,21,22);1H. The van der Waals surface area contributed by atoms with E-state index >= 15 is 0 Å². The number of carbonyl (C=O) groups excluding carboxylic acids is 1. The summed E-state index contributed by atoms with van der Waals surface area (Å²) in [6.45, 7) is 0.989. The minimum absolute atomic E-state index is 0. The number of anilines is 2. The van der Waals surface area contributed by atoms with Crippen LogP contribution in [0, 0.1) is 0 Å². The Labute approximate surface area is 142 Å². The third-order valence-electron chi connectivity index (χ3n) is 4.77. The Kier molecular flexibility index (Phi) is 4.58. The molecule has 4 heteroatoms. The van der Waals surface area contributed by atoms with Crippen molar-refractivity contribution in [2.24, 2.45) is 0 Å². The minimum atomic E-state index is -0.0173. The van der Waals surface area contributed by atoms with Crippen molar-refractivity contribution >= 4 is 29.7 Å². The number of fused-ring (bicyclic) bond motifs is 2. The van der Waals surface area contributed by atoms with E-state index in [1.54, 1.807) is 0 Å². The van der Waals surface area contributed by atoms with Crippen LogP contribution in [-0.2, 0) is 17.6 Å². The van der Waals surface area contributed by atoms with Crippen LogP contribution < -0.4 is 10.6 Å². The van der Waals surface area contributed by atoms with Crippen LogP contribution in [0.2, 0.25) is 0 Å². The molecule has 0 fully saturated rings. The Morgan fingerprint density at radius 3 is 2.87 bits per heavy atom. The zero-order valence-electron chi connectivity index (χ0n) is 13.0. The van der Waals surface area contributed by atoms with Crippen LogP contribution in [0.15, 0.2) is 42.5 Å². The highest BCUT2D eigenvalue weighted by atomic mass is 35.5. The predicted molar refractivity (Wildman–Crippen MR) is 96.6 cm³/mol. The lowest BCUT2D eigenvalue weighted by molar-refractivity contribution is -0.117. The van der Waals surface area contributed by atoms with Crippen LogP contribution in [0.4, 0.5) is 11.4 Å². The van der Waals surface area contributed by atoms with Crippen molar-refractivity contribution in [3.63, 3.8) is 0 Å². The van der Waals surface area contributed by atoms with Crippen molar-refractivity contribution in [3.8, 4) is 0 Å². The Bertz CT molecular complexity index is 729. The van der Waals surface area contributed by atoms with Gasteiger partial charge in [0.05, 0.1) is 5.92 Å². The number of benzene rings is 2. The summed E-state index contributed by atoms with van der Waals surface area (Å²) >= 11 is 0. The molecule has 0 spiro atoms. The average molecular weight is 329 g/mol. The van der Waals surface area contributed by atoms with Gasteiger partial charge in [-0.05, 0) is 60.6 Å². The Morgan fingerprint density at radius 1 is 1.09 bits per heavy atom. The second-order valence-electron chi connectivity index (χ2n) is 6.18. The van der Waals surface area contributed by atoms with Crippen LogP contribution >= 0.6 is 12.4 Å². The number of halogens is 1. The first kappa shape index (κ1) is 15.9. The number of amides is 1. The zero-order chi connectivity index (χ0) is 14.9. The summed E-state index contributed by atoms with van der Waals surface area (Å²) in [6.07, 6.45) is 4.15. The third-order valence-corrected chi connectivity index (χ3v) is 4.77. The van der Waals surface area contributed by atoms with Gasteiger partial charge in [-0.1, -0.05) is 24.3 Å². The number of rotatable bonds is 2. The Hall–Kier alpha value is -2.00. The molecule has 1 aliphatic heterocycles. The molecule has 4 rings (SSSR count). The molecular formula is C19H21ClN2O. The fraction of sp³-hybridized carbons (Fsp3) is 0.316. The van der Waals surface area contributed by atoms with Gasteiger partial charge in [0.15, 0.2) is 0 Å². The molecule has 1 heterocycles. The largest absolute Gasteiger partial charge is 0.384 e. The topological polar surface area (TPSA) is 41.1 Å². The molecule has 2 aromatic carbocycles. The summed E-state index contributed by atoms with van der Waals surface area (Å²) in [5.74, 6) is 0.106. The summed E-state index contributed by atoms with van der Waals surface area (Å²) in [5.41, 5.74) is 5.93. The smallest absolute Gasteiger partial charge is 0.231 e. The van der Waals surface area contributed by atoms with E-state index in [4.69, 9.17) is 0 Å². The summed E-state index contributed by atoms with van der Waals surface area (Å²) < 4.78 is 0. The van der Waals surface area contributed by atoms with Crippen LogP contribution in [0.3, 0.4) is 0 Å². The average Bonchev–Trinajstić information content (AvgIpc) is 3.02. The van der Waals surface area contributed by atoms with E-state index in [0.29, 0.717) is 0 Å². The molecular weight excluding hydrogens is 308 g/mol. The van der Waals surface area contributed by atoms with Crippen molar-refractivity contribution < 1.29 is 4.79 Å². The Morgan fingerprint density at radius 2 is 1.96 bits per heavy atom. The molecule has 1 amide bonds. The van der Waals surface area contributed by atoms with E-state index < -0.39 is 0 Å². The Balaban J connectivity index is 0.00000156. The summed E-state index contributed by atoms with van der Waals surface area (Å²) in [4.78, 5) is 12.7. The van der Waals surface area contributed by atoms with E-state index in [1.807, 2.05) is 12.1 Å². The molecule has 1 aliphatic carbocycles. The first-order chi connectivity index (χ1) is 10.8. The fourth-order valence-corrected chi connectivity index (χ4v) is 3.64. The van der Waals surface area contributed by atoms with E-state index in [2.05, 4.69) is 41.0 Å². The summed E-state index contributed by atoms with van der Waals surface area (Å²) in [7, 11) is 0. The van der Waals surface area contributed by atoms with Crippen molar-refractivity contribution in [3.05, 3.63) is 59.2 Å². The zero-order valence-corrected chi connectivity index (χ0v) is 13.8. The number of hydrogen-bond acceptors (Lipinski definition) is 2. The van der Waals surface area contributed by atoms with Crippen molar-refractivity contribution in [2.45, 2.75) is 31.6 Å². The number of carbonyl (C=O) groups is 1. The fourth-order valence-electron chi connectivity index (χ4n) is 3.64. The molecule has 0 saturated heterocycles. The molecule has 0 radical (unpaired) electrons. The molecule has 23 heavy (non-hydrogen) atoms. The predicted octanol–water partition coefficient (Wildman–Crippen LogP) is 4.14. The van der Waals surface area contributed by atoms with Crippen LogP contribution in [-0.4, -0.2) is 12.5 Å². The van der Waals surface area contributed by atoms with Gasteiger partial charge >= 0.3 is 0 Å². The lowest BCUT2D eigenvalue weighted by atomic mass is 9.82. The van der Waals surface area contributed by atoms with Gasteiger partial charge in [0.2, 0.25) is 5.91 Å². The summed E-state index contributed by atoms with van der Waals surface area (Å²) in [5, 5.41) is 6.46. The van der Waals surface area contributed by atoms with Gasteiger partial charge in [0.25, 0.3) is 0 Å². The van der Waals surface area contributed by atoms with Gasteiger partial charge in [0.1, 0.15) is 0 Å². The molecule has 1 atom stereocenters. The van der Waals surface area contributed by atoms with E-state index in [9.17, 15) is 4.79 Å². The van der Waals surface area contributed by atoms with Gasteiger partial charge < -0.3 is 10.6 Å². The van der Waals surface area contributed by atoms with Crippen LogP contribution in [0.25, 0.3) is 0 Å². The first-order valence-electron chi connectivity index (χ1n) is 8.07. The van der Waals surface area contributed by atoms with Gasteiger partial charge in [-0.3, -0.25) is 4.79 Å². The second kappa shape index (κ2) is 6.63. The second-order valence-corrected chi connectivity index (χ2v) is 6.18. The molecule has 2 aromatic rings. The lowest BCUT2D eigenvalue weighted by Crippen LogP contribution is -2.24. The number of nitrogens with one attached hydrogen (secondary N) is 2. The highest BCUT2D eigenvalue weighted by Crippen LogP contribution is 2.33. The molecule has 120 valence electrons. The highest BCUT2D eigenvalue weighted by molar-refractivity contribution is 5.96. The minimum Gasteiger partial charge on any atom is -0.384 e. The van der Waals surface area contributed by atoms with E-state index in [1.165, 1.54) is 22.4 Å². The molecule has 0 bridgehead atoms. The van der Waals surface area contributed by atoms with Gasteiger partial charge in [-0.2, -0.15) is 0 Å². The molecule has 1 unspecified atom stereocenters. The molecule has 2 aliphatic rings. The van der Waals surface area contributed by atoms with Crippen molar-refractivity contribution in [1.82, 2.24) is 0 Å². The highest BCUT2D eigenvalue weighted by Gasteiger charge is 2.26. The van der Waals surface area contributed by atoms with Crippen molar-refractivity contribution in [2.75, 3.05) is 17.2 Å². The van der Waals surface area contributed by atoms with E-state index in [-0.39, 0.29) is 24.2 Å². The maximum atomic E-state index is 12.7. The molecule has 0 saturated carbocycles. The van der Waals surface area contributed by atoms with Crippen LogP contribution in [0.5, 0.6) is 0 Å². The summed E-state index contributed by atoms with van der Waals surface area (Å²) in [6, 6.07) is 14.5. The molecule has 2 N–H and O–H groups in total. The lowest BCUT2D eigenvalue weighted by Gasteiger charge is -2.24. The van der Waals surface area contributed by atoms with Gasteiger partial charge in [-0.15, -0.1) is 12.4 Å². The quantitative estimate of drug-likeness (QED) is 0.870. The number of hydrogen-bond donors (Lipinski definition) is 2. The third kappa shape index (κ3) is 3.06. The normalized spacial score (nSPS) is 18.2. The van der Waals surface area contributed by atoms with Crippen LogP contribution in [0.1, 0.15) is 35.4 Å². The SMILES string of the molecule is Cl.O=C(Nc1ccc2c(c1)CCN2)C1CCCc2ccccc21. The molecule has 3 nitrogen and oxygen atoms in total. The monoisotopic (exact) mass is 328 g/mol. The van der Waals surface area contributed by atoms with Gasteiger partial charge in [-0.25, -0.2) is 0 Å². The van der Waals surface area contributed by atoms with Gasteiger partial charge in [0, 0.05) is 17.9 Å². The van der Waals surface area contributed by atoms with E-state index in [0.717, 1.165) is 37.9 Å². The number of aryl methyl sites for hydroxylation is 1. The molecule has 0 aromatic heterocycles. The maximum Gasteiger partial charge on any atom is 0.231 e.